The Hall–Kier alpha value is -2.34. The minimum absolute atomic E-state index is 0.0499. The van der Waals surface area contributed by atoms with Crippen LogP contribution in [0.5, 0.6) is 5.75 Å². The van der Waals surface area contributed by atoms with Crippen molar-refractivity contribution in [3.05, 3.63) is 52.5 Å². The summed E-state index contributed by atoms with van der Waals surface area (Å²) >= 11 is 3.35. The van der Waals surface area contributed by atoms with Crippen molar-refractivity contribution < 1.29 is 14.3 Å². The van der Waals surface area contributed by atoms with Crippen LogP contribution in [0.1, 0.15) is 36.5 Å². The Morgan fingerprint density at radius 1 is 1.12 bits per heavy atom. The largest absolute Gasteiger partial charge is 0.494 e. The second-order valence-electron chi connectivity index (χ2n) is 5.53. The summed E-state index contributed by atoms with van der Waals surface area (Å²) in [6.45, 7) is 2.04. The van der Waals surface area contributed by atoms with Gasteiger partial charge in [-0.1, -0.05) is 35.3 Å². The molecular weight excluding hydrogens is 384 g/mol. The summed E-state index contributed by atoms with van der Waals surface area (Å²) in [5, 5.41) is 5.66. The van der Waals surface area contributed by atoms with Gasteiger partial charge in [0.05, 0.1) is 12.8 Å². The van der Waals surface area contributed by atoms with Crippen LogP contribution in [0, 0.1) is 0 Å². The monoisotopic (exact) mass is 404 g/mol. The summed E-state index contributed by atoms with van der Waals surface area (Å²) in [5.74, 6) is 0.228. The molecule has 0 saturated heterocycles. The molecule has 0 spiro atoms. The number of nitrogens with one attached hydrogen (secondary N) is 2. The van der Waals surface area contributed by atoms with Gasteiger partial charge in [-0.15, -0.1) is 0 Å². The second kappa shape index (κ2) is 9.22. The Labute approximate surface area is 155 Å². The first kappa shape index (κ1) is 19.0. The average molecular weight is 405 g/mol. The summed E-state index contributed by atoms with van der Waals surface area (Å²) in [6.07, 6.45) is 2.28. The van der Waals surface area contributed by atoms with Gasteiger partial charge in [0.15, 0.2) is 0 Å². The maximum absolute atomic E-state index is 12.3. The highest BCUT2D eigenvalue weighted by Crippen LogP contribution is 2.28. The summed E-state index contributed by atoms with van der Waals surface area (Å²) in [7, 11) is 1.52. The van der Waals surface area contributed by atoms with Crippen molar-refractivity contribution in [2.75, 3.05) is 17.7 Å². The van der Waals surface area contributed by atoms with E-state index in [9.17, 15) is 9.59 Å². The highest BCUT2D eigenvalue weighted by molar-refractivity contribution is 9.10. The van der Waals surface area contributed by atoms with E-state index in [-0.39, 0.29) is 11.8 Å². The molecule has 0 aliphatic rings. The van der Waals surface area contributed by atoms with E-state index in [1.54, 1.807) is 36.4 Å². The van der Waals surface area contributed by atoms with E-state index in [1.807, 2.05) is 13.0 Å². The lowest BCUT2D eigenvalue weighted by Gasteiger charge is -2.13. The summed E-state index contributed by atoms with van der Waals surface area (Å²) in [5.41, 5.74) is 1.72. The van der Waals surface area contributed by atoms with Crippen LogP contribution in [-0.2, 0) is 4.79 Å². The van der Waals surface area contributed by atoms with Gasteiger partial charge >= 0.3 is 0 Å². The molecular formula is C19H21BrN2O3. The van der Waals surface area contributed by atoms with Crippen LogP contribution in [0.25, 0.3) is 0 Å². The number of hydrogen-bond donors (Lipinski definition) is 2. The molecule has 0 atom stereocenters. The fraction of sp³-hybridized carbons (Fsp3) is 0.263. The van der Waals surface area contributed by atoms with E-state index in [1.165, 1.54) is 7.11 Å². The van der Waals surface area contributed by atoms with Crippen molar-refractivity contribution in [3.8, 4) is 5.75 Å². The smallest absolute Gasteiger partial charge is 0.255 e. The maximum Gasteiger partial charge on any atom is 0.255 e. The summed E-state index contributed by atoms with van der Waals surface area (Å²) in [4.78, 5) is 24.2. The van der Waals surface area contributed by atoms with Crippen molar-refractivity contribution >= 4 is 39.1 Å². The lowest BCUT2D eigenvalue weighted by molar-refractivity contribution is -0.116. The molecule has 0 aromatic heterocycles. The van der Waals surface area contributed by atoms with Crippen LogP contribution in [0.15, 0.2) is 46.9 Å². The van der Waals surface area contributed by atoms with E-state index in [2.05, 4.69) is 26.6 Å². The van der Waals surface area contributed by atoms with E-state index < -0.39 is 0 Å². The third-order valence-electron chi connectivity index (χ3n) is 3.58. The van der Waals surface area contributed by atoms with Gasteiger partial charge in [-0.05, 0) is 36.8 Å². The minimum atomic E-state index is -0.219. The van der Waals surface area contributed by atoms with E-state index >= 15 is 0 Å². The van der Waals surface area contributed by atoms with Gasteiger partial charge in [-0.2, -0.15) is 0 Å². The van der Waals surface area contributed by atoms with Crippen LogP contribution >= 0.6 is 15.9 Å². The number of ether oxygens (including phenoxy) is 1. The number of unbranched alkanes of at least 4 members (excludes halogenated alkanes) is 1. The normalized spacial score (nSPS) is 10.2. The number of rotatable bonds is 7. The molecule has 0 saturated carbocycles. The van der Waals surface area contributed by atoms with Crippen molar-refractivity contribution in [1.29, 1.82) is 0 Å². The molecule has 0 fully saturated rings. The second-order valence-corrected chi connectivity index (χ2v) is 6.45. The average Bonchev–Trinajstić information content (AvgIpc) is 2.61. The van der Waals surface area contributed by atoms with Crippen molar-refractivity contribution in [2.45, 2.75) is 26.2 Å². The Morgan fingerprint density at radius 3 is 2.60 bits per heavy atom. The molecule has 0 aliphatic heterocycles. The predicted molar refractivity (Wildman–Crippen MR) is 103 cm³/mol. The molecule has 2 amide bonds. The number of anilines is 2. The topological polar surface area (TPSA) is 67.4 Å². The standard InChI is InChI=1S/C19H21BrN2O3/c1-3-4-8-18(23)22-16-10-9-15(12-17(16)25-2)21-19(24)13-6-5-7-14(20)11-13/h5-7,9-12H,3-4,8H2,1-2H3,(H,21,24)(H,22,23). The molecule has 0 heterocycles. The zero-order valence-electron chi connectivity index (χ0n) is 14.3. The van der Waals surface area contributed by atoms with Gasteiger partial charge in [-0.3, -0.25) is 9.59 Å². The number of methoxy groups -OCH3 is 1. The zero-order valence-corrected chi connectivity index (χ0v) is 15.9. The van der Waals surface area contributed by atoms with Gasteiger partial charge in [0.2, 0.25) is 5.91 Å². The molecule has 5 nitrogen and oxygen atoms in total. The molecule has 0 aliphatic carbocycles. The minimum Gasteiger partial charge on any atom is -0.494 e. The third-order valence-corrected chi connectivity index (χ3v) is 4.07. The highest BCUT2D eigenvalue weighted by Gasteiger charge is 2.11. The molecule has 2 aromatic carbocycles. The van der Waals surface area contributed by atoms with Gasteiger partial charge in [0.1, 0.15) is 5.75 Å². The first-order chi connectivity index (χ1) is 12.0. The van der Waals surface area contributed by atoms with E-state index in [4.69, 9.17) is 4.74 Å². The Morgan fingerprint density at radius 2 is 1.92 bits per heavy atom. The van der Waals surface area contributed by atoms with Gasteiger partial charge in [-0.25, -0.2) is 0 Å². The summed E-state index contributed by atoms with van der Waals surface area (Å²) < 4.78 is 6.16. The first-order valence-corrected chi connectivity index (χ1v) is 8.87. The van der Waals surface area contributed by atoms with Gasteiger partial charge in [0, 0.05) is 28.2 Å². The third kappa shape index (κ3) is 5.60. The maximum atomic E-state index is 12.3. The molecule has 25 heavy (non-hydrogen) atoms. The van der Waals surface area contributed by atoms with E-state index in [0.29, 0.717) is 29.1 Å². The number of benzene rings is 2. The Kier molecular flexibility index (Phi) is 7.01. The lowest BCUT2D eigenvalue weighted by atomic mass is 10.2. The van der Waals surface area contributed by atoms with Crippen molar-refractivity contribution in [1.82, 2.24) is 0 Å². The molecule has 6 heteroatoms. The van der Waals surface area contributed by atoms with Crippen LogP contribution in [0.4, 0.5) is 11.4 Å². The van der Waals surface area contributed by atoms with Crippen LogP contribution in [0.2, 0.25) is 0 Å². The van der Waals surface area contributed by atoms with Crippen molar-refractivity contribution in [2.24, 2.45) is 0 Å². The van der Waals surface area contributed by atoms with Gasteiger partial charge in [0.25, 0.3) is 5.91 Å². The fourth-order valence-corrected chi connectivity index (χ4v) is 2.65. The number of carbonyl (C=O) groups excluding carboxylic acids is 2. The fourth-order valence-electron chi connectivity index (χ4n) is 2.26. The number of carbonyl (C=O) groups is 2. The van der Waals surface area contributed by atoms with Crippen LogP contribution in [0.3, 0.4) is 0 Å². The number of amides is 2. The Bertz CT molecular complexity index is 762. The molecule has 132 valence electrons. The Balaban J connectivity index is 2.10. The molecule has 0 bridgehead atoms. The molecule has 0 unspecified atom stereocenters. The summed E-state index contributed by atoms with van der Waals surface area (Å²) in [6, 6.07) is 12.3. The van der Waals surface area contributed by atoms with E-state index in [0.717, 1.165) is 17.3 Å². The molecule has 2 rings (SSSR count). The predicted octanol–water partition coefficient (Wildman–Crippen LogP) is 4.84. The SMILES string of the molecule is CCCCC(=O)Nc1ccc(NC(=O)c2cccc(Br)c2)cc1OC. The highest BCUT2D eigenvalue weighted by atomic mass is 79.9. The quantitative estimate of drug-likeness (QED) is 0.693. The molecule has 0 radical (unpaired) electrons. The van der Waals surface area contributed by atoms with Crippen LogP contribution in [-0.4, -0.2) is 18.9 Å². The lowest BCUT2D eigenvalue weighted by Crippen LogP contribution is -2.13. The van der Waals surface area contributed by atoms with Gasteiger partial charge < -0.3 is 15.4 Å². The zero-order chi connectivity index (χ0) is 18.2. The first-order valence-electron chi connectivity index (χ1n) is 8.08. The number of hydrogen-bond acceptors (Lipinski definition) is 3. The van der Waals surface area contributed by atoms with Crippen molar-refractivity contribution in [3.63, 3.8) is 0 Å². The van der Waals surface area contributed by atoms with Crippen LogP contribution < -0.4 is 15.4 Å². The molecule has 2 N–H and O–H groups in total. The number of halogens is 1. The molecule has 2 aromatic rings.